The lowest BCUT2D eigenvalue weighted by Gasteiger charge is -2.29. The van der Waals surface area contributed by atoms with E-state index in [0.717, 1.165) is 24.1 Å². The van der Waals surface area contributed by atoms with Gasteiger partial charge in [0.1, 0.15) is 11.3 Å². The minimum absolute atomic E-state index is 0.611. The summed E-state index contributed by atoms with van der Waals surface area (Å²) in [6.07, 6.45) is 5.49. The quantitative estimate of drug-likeness (QED) is 0.847. The highest BCUT2D eigenvalue weighted by Crippen LogP contribution is 2.24. The molecule has 0 spiro atoms. The lowest BCUT2D eigenvalue weighted by atomic mass is 10.1. The van der Waals surface area contributed by atoms with Crippen molar-refractivity contribution in [3.63, 3.8) is 0 Å². The Morgan fingerprint density at radius 3 is 2.82 bits per heavy atom. The van der Waals surface area contributed by atoms with Gasteiger partial charge in [0.25, 0.3) is 0 Å². The van der Waals surface area contributed by atoms with E-state index in [1.807, 2.05) is 12.3 Å². The standard InChI is InChI=1S/C18H28N4/c1-13(2)11-17-20-16-8-5-9-19-18(16)22(17)12-15-7-6-10-21(15)14(3)4/h5,8-9,13-15H,6-7,10-12H2,1-4H3. The molecular formula is C18H28N4. The number of likely N-dealkylation sites (tertiary alicyclic amines) is 1. The van der Waals surface area contributed by atoms with Crippen molar-refractivity contribution in [1.29, 1.82) is 0 Å². The molecular weight excluding hydrogens is 272 g/mol. The summed E-state index contributed by atoms with van der Waals surface area (Å²) in [7, 11) is 0. The first-order chi connectivity index (χ1) is 10.6. The number of nitrogens with zero attached hydrogens (tertiary/aromatic N) is 4. The second-order valence-corrected chi connectivity index (χ2v) is 7.21. The molecule has 1 saturated heterocycles. The van der Waals surface area contributed by atoms with Crippen molar-refractivity contribution in [3.05, 3.63) is 24.2 Å². The van der Waals surface area contributed by atoms with Crippen molar-refractivity contribution < 1.29 is 0 Å². The lowest BCUT2D eigenvalue weighted by molar-refractivity contribution is 0.187. The van der Waals surface area contributed by atoms with Crippen LogP contribution in [0.3, 0.4) is 0 Å². The van der Waals surface area contributed by atoms with Crippen LogP contribution >= 0.6 is 0 Å². The highest BCUT2D eigenvalue weighted by molar-refractivity contribution is 5.71. The van der Waals surface area contributed by atoms with Gasteiger partial charge in [-0.25, -0.2) is 9.97 Å². The van der Waals surface area contributed by atoms with E-state index < -0.39 is 0 Å². The van der Waals surface area contributed by atoms with Gasteiger partial charge in [0.2, 0.25) is 0 Å². The molecule has 3 heterocycles. The fraction of sp³-hybridized carbons (Fsp3) is 0.667. The van der Waals surface area contributed by atoms with Crippen molar-refractivity contribution in [3.8, 4) is 0 Å². The molecule has 1 aliphatic heterocycles. The third kappa shape index (κ3) is 3.02. The minimum atomic E-state index is 0.611. The van der Waals surface area contributed by atoms with Gasteiger partial charge in [0.15, 0.2) is 5.65 Å². The van der Waals surface area contributed by atoms with E-state index in [-0.39, 0.29) is 0 Å². The summed E-state index contributed by atoms with van der Waals surface area (Å²) < 4.78 is 2.38. The molecule has 0 aromatic carbocycles. The van der Waals surface area contributed by atoms with Gasteiger partial charge in [-0.1, -0.05) is 13.8 Å². The molecule has 4 heteroatoms. The molecule has 0 radical (unpaired) electrons. The number of aromatic nitrogens is 3. The number of imidazole rings is 1. The summed E-state index contributed by atoms with van der Waals surface area (Å²) in [6, 6.07) is 5.29. The highest BCUT2D eigenvalue weighted by Gasteiger charge is 2.28. The van der Waals surface area contributed by atoms with Crippen LogP contribution < -0.4 is 0 Å². The van der Waals surface area contributed by atoms with E-state index in [0.29, 0.717) is 18.0 Å². The average Bonchev–Trinajstić information content (AvgIpc) is 3.04. The van der Waals surface area contributed by atoms with Gasteiger partial charge in [-0.3, -0.25) is 4.90 Å². The van der Waals surface area contributed by atoms with Crippen LogP contribution in [0.25, 0.3) is 11.2 Å². The maximum atomic E-state index is 4.85. The van der Waals surface area contributed by atoms with Crippen molar-refractivity contribution in [2.75, 3.05) is 6.54 Å². The van der Waals surface area contributed by atoms with Crippen LogP contribution in [0.1, 0.15) is 46.4 Å². The predicted octanol–water partition coefficient (Wildman–Crippen LogP) is 3.50. The molecule has 0 aliphatic carbocycles. The smallest absolute Gasteiger partial charge is 0.160 e. The molecule has 4 nitrogen and oxygen atoms in total. The summed E-state index contributed by atoms with van der Waals surface area (Å²) in [5, 5.41) is 0. The van der Waals surface area contributed by atoms with Gasteiger partial charge in [-0.2, -0.15) is 0 Å². The number of fused-ring (bicyclic) bond motifs is 1. The second kappa shape index (κ2) is 6.37. The maximum absolute atomic E-state index is 4.85. The molecule has 2 aromatic heterocycles. The van der Waals surface area contributed by atoms with Crippen LogP contribution in [0.2, 0.25) is 0 Å². The molecule has 0 bridgehead atoms. The third-order valence-corrected chi connectivity index (χ3v) is 4.65. The van der Waals surface area contributed by atoms with Crippen molar-refractivity contribution in [1.82, 2.24) is 19.4 Å². The fourth-order valence-corrected chi connectivity index (χ4v) is 3.66. The van der Waals surface area contributed by atoms with E-state index in [1.165, 1.54) is 25.2 Å². The van der Waals surface area contributed by atoms with Crippen LogP contribution in [0.4, 0.5) is 0 Å². The van der Waals surface area contributed by atoms with Gasteiger partial charge in [0.05, 0.1) is 0 Å². The Bertz CT molecular complexity index is 629. The van der Waals surface area contributed by atoms with E-state index >= 15 is 0 Å². The molecule has 1 unspecified atom stereocenters. The molecule has 1 atom stereocenters. The summed E-state index contributed by atoms with van der Waals surface area (Å²) in [4.78, 5) is 12.1. The van der Waals surface area contributed by atoms with Crippen LogP contribution in [0.15, 0.2) is 18.3 Å². The number of hydrogen-bond donors (Lipinski definition) is 0. The zero-order valence-electron chi connectivity index (χ0n) is 14.3. The molecule has 0 saturated carbocycles. The molecule has 120 valence electrons. The van der Waals surface area contributed by atoms with E-state index in [2.05, 4.69) is 48.2 Å². The van der Waals surface area contributed by atoms with Crippen LogP contribution in [-0.4, -0.2) is 38.1 Å². The van der Waals surface area contributed by atoms with E-state index in [4.69, 9.17) is 4.98 Å². The fourth-order valence-electron chi connectivity index (χ4n) is 3.66. The summed E-state index contributed by atoms with van der Waals surface area (Å²) in [5.41, 5.74) is 2.08. The molecule has 1 fully saturated rings. The first-order valence-corrected chi connectivity index (χ1v) is 8.62. The van der Waals surface area contributed by atoms with Gasteiger partial charge in [0, 0.05) is 31.2 Å². The van der Waals surface area contributed by atoms with Crippen molar-refractivity contribution in [2.24, 2.45) is 5.92 Å². The van der Waals surface area contributed by atoms with Crippen molar-refractivity contribution >= 4 is 11.2 Å². The second-order valence-electron chi connectivity index (χ2n) is 7.21. The largest absolute Gasteiger partial charge is 0.311 e. The average molecular weight is 300 g/mol. The Hall–Kier alpha value is -1.42. The van der Waals surface area contributed by atoms with Crippen LogP contribution in [-0.2, 0) is 13.0 Å². The molecule has 3 rings (SSSR count). The van der Waals surface area contributed by atoms with Crippen molar-refractivity contribution in [2.45, 2.75) is 65.6 Å². The zero-order chi connectivity index (χ0) is 15.7. The minimum Gasteiger partial charge on any atom is -0.311 e. The Morgan fingerprint density at radius 2 is 2.09 bits per heavy atom. The van der Waals surface area contributed by atoms with Gasteiger partial charge < -0.3 is 4.57 Å². The van der Waals surface area contributed by atoms with E-state index in [1.54, 1.807) is 0 Å². The van der Waals surface area contributed by atoms with Crippen LogP contribution in [0, 0.1) is 5.92 Å². The Labute approximate surface area is 133 Å². The molecule has 0 amide bonds. The van der Waals surface area contributed by atoms with Gasteiger partial charge in [-0.05, 0) is 51.3 Å². The number of pyridine rings is 1. The lowest BCUT2D eigenvalue weighted by Crippen LogP contribution is -2.38. The predicted molar refractivity (Wildman–Crippen MR) is 90.9 cm³/mol. The highest BCUT2D eigenvalue weighted by atomic mass is 15.2. The first kappa shape index (κ1) is 15.5. The summed E-state index contributed by atoms with van der Waals surface area (Å²) in [5.74, 6) is 1.81. The summed E-state index contributed by atoms with van der Waals surface area (Å²) in [6.45, 7) is 11.4. The third-order valence-electron chi connectivity index (χ3n) is 4.65. The monoisotopic (exact) mass is 300 g/mol. The molecule has 22 heavy (non-hydrogen) atoms. The Kier molecular flexibility index (Phi) is 4.48. The van der Waals surface area contributed by atoms with E-state index in [9.17, 15) is 0 Å². The Balaban J connectivity index is 1.94. The number of rotatable bonds is 5. The summed E-state index contributed by atoms with van der Waals surface area (Å²) >= 11 is 0. The molecule has 2 aromatic rings. The topological polar surface area (TPSA) is 34.0 Å². The van der Waals surface area contributed by atoms with Gasteiger partial charge >= 0.3 is 0 Å². The number of hydrogen-bond acceptors (Lipinski definition) is 3. The normalized spacial score (nSPS) is 19.8. The molecule has 1 aliphatic rings. The SMILES string of the molecule is CC(C)Cc1nc2cccnc2n1CC1CCCN1C(C)C. The maximum Gasteiger partial charge on any atom is 0.160 e. The van der Waals surface area contributed by atoms with Gasteiger partial charge in [-0.15, -0.1) is 0 Å². The zero-order valence-corrected chi connectivity index (χ0v) is 14.3. The Morgan fingerprint density at radius 1 is 1.27 bits per heavy atom. The first-order valence-electron chi connectivity index (χ1n) is 8.62. The van der Waals surface area contributed by atoms with Crippen LogP contribution in [0.5, 0.6) is 0 Å². The molecule has 0 N–H and O–H groups in total.